The number of amides is 2. The number of carbonyl (C=O) groups excluding carboxylic acids is 3. The second kappa shape index (κ2) is 27.4. The molecule has 3 saturated heterocycles. The largest absolute Gasteiger partial charge is 0.460 e. The standard InChI is InChI=1S/C67H81N3O16SSi2/c1-43-33-35-47(36-34-43)87(75,76)79-41-46-37-55(81-44(2)71)57(70-64(73)78-40-45-23-13-8-14-24-45)63(82-46)84-59-53(68)38-54-60(86-65(74)69-54)61(59)85-62-52(39-67(6,7)88(77,48-25-15-9-16-26-48)49-27-17-10-18-28-49)58(72)56(83-62)42-80-89(66(3,4)5,50-29-19-11-20-30-50)51-31-21-12-22-32-51/h8-36,46,52-63,72,77H,37-42,68H2,1-7H3,(H,69,74)(H,70,73)/t46-,52+,53-,54+,55+,56+,57+,58-,59+,60-,61-,62-,63+/m0/s1. The summed E-state index contributed by atoms with van der Waals surface area (Å²) in [6, 6.07) is 51.3. The second-order valence-corrected chi connectivity index (χ2v) is 35.1. The van der Waals surface area contributed by atoms with Crippen molar-refractivity contribution in [3.63, 3.8) is 0 Å². The molecule has 2 amide bonds. The summed E-state index contributed by atoms with van der Waals surface area (Å²) in [6.07, 6.45) is -13.1. The fraction of sp³-hybridized carbons (Fsp3) is 0.418. The monoisotopic (exact) mass is 1270 g/mol. The molecule has 89 heavy (non-hydrogen) atoms. The fourth-order valence-corrected chi connectivity index (χ4v) is 22.5. The Hall–Kier alpha value is -6.65. The van der Waals surface area contributed by atoms with Crippen LogP contribution < -0.4 is 37.1 Å². The number of alkyl carbamates (subject to hydrolysis) is 2. The van der Waals surface area contributed by atoms with Crippen molar-refractivity contribution in [3.8, 4) is 0 Å². The maximum absolute atomic E-state index is 13.9. The van der Waals surface area contributed by atoms with Crippen LogP contribution in [0.25, 0.3) is 0 Å². The highest BCUT2D eigenvalue weighted by molar-refractivity contribution is 7.86. The molecule has 19 nitrogen and oxygen atoms in total. The molecule has 13 atom stereocenters. The van der Waals surface area contributed by atoms with Crippen LogP contribution in [0, 0.1) is 12.8 Å². The lowest BCUT2D eigenvalue weighted by Gasteiger charge is -2.47. The molecule has 0 radical (unpaired) electrons. The minimum atomic E-state index is -4.36. The summed E-state index contributed by atoms with van der Waals surface area (Å²) in [5, 5.41) is 20.9. The van der Waals surface area contributed by atoms with Gasteiger partial charge in [0.25, 0.3) is 26.8 Å². The third kappa shape index (κ3) is 14.3. The number of aliphatic hydroxyl groups excluding tert-OH is 1. The first kappa shape index (κ1) is 65.3. The lowest BCUT2D eigenvalue weighted by molar-refractivity contribution is -0.295. The SMILES string of the molecule is CC(=O)O[C@@H]1C[C@@H](COS(=O)(=O)c2ccc(C)cc2)O[C@H](O[C@H]2[C@H](O[C@@H]3O[C@H](CO[Si](c4ccccc4)(c4ccccc4)C(C)(C)C)[C@@H](O)[C@H]3CC(C)(C)[Si](O)(c3ccccc3)c3ccccc3)[C@H]3OC(=O)N[C@@H]3C[C@@H]2N)[C@@H]1NC(=O)OCc1ccccc1. The average Bonchev–Trinajstić information content (AvgIpc) is 1.72. The van der Waals surface area contributed by atoms with Gasteiger partial charge in [0.15, 0.2) is 18.7 Å². The molecule has 0 bridgehead atoms. The van der Waals surface area contributed by atoms with E-state index in [1.54, 1.807) is 36.4 Å². The minimum Gasteiger partial charge on any atom is -0.460 e. The molecule has 22 heteroatoms. The van der Waals surface area contributed by atoms with Crippen molar-refractivity contribution in [2.75, 3.05) is 13.2 Å². The number of aliphatic hydroxyl groups is 1. The Bertz CT molecular complexity index is 3370. The van der Waals surface area contributed by atoms with Gasteiger partial charge in [-0.1, -0.05) is 204 Å². The van der Waals surface area contributed by atoms with E-state index in [9.17, 15) is 32.7 Å². The average molecular weight is 1270 g/mol. The predicted octanol–water partition coefficient (Wildman–Crippen LogP) is 6.22. The highest BCUT2D eigenvalue weighted by atomic mass is 32.2. The Balaban J connectivity index is 1.03. The van der Waals surface area contributed by atoms with E-state index in [4.69, 9.17) is 47.5 Å². The third-order valence-electron chi connectivity index (χ3n) is 17.6. The number of hydrogen-bond donors (Lipinski definition) is 5. The van der Waals surface area contributed by atoms with E-state index < -0.39 is 141 Å². The maximum Gasteiger partial charge on any atom is 0.407 e. The van der Waals surface area contributed by atoms with E-state index in [1.807, 2.05) is 124 Å². The third-order valence-corrected chi connectivity index (χ3v) is 28.4. The molecule has 474 valence electrons. The summed E-state index contributed by atoms with van der Waals surface area (Å²) in [7, 11) is -11.4. The highest BCUT2D eigenvalue weighted by Crippen LogP contribution is 2.48. The van der Waals surface area contributed by atoms with Crippen LogP contribution in [0.3, 0.4) is 0 Å². The molecule has 10 rings (SSSR count). The maximum atomic E-state index is 13.9. The number of nitrogens with one attached hydrogen (secondary N) is 2. The summed E-state index contributed by atoms with van der Waals surface area (Å²) >= 11 is 0. The Morgan fingerprint density at radius 3 is 1.81 bits per heavy atom. The van der Waals surface area contributed by atoms with Crippen LogP contribution in [0.1, 0.15) is 71.9 Å². The summed E-state index contributed by atoms with van der Waals surface area (Å²) in [6.45, 7) is 12.6. The Kier molecular flexibility index (Phi) is 20.1. The number of nitrogens with two attached hydrogens (primary N) is 1. The summed E-state index contributed by atoms with van der Waals surface area (Å²) in [4.78, 5) is 53.9. The Morgan fingerprint density at radius 1 is 0.719 bits per heavy atom. The van der Waals surface area contributed by atoms with Crippen LogP contribution in [0.2, 0.25) is 10.1 Å². The zero-order valence-electron chi connectivity index (χ0n) is 51.1. The molecular formula is C67H81N3O16SSi2. The van der Waals surface area contributed by atoms with Crippen molar-refractivity contribution >= 4 is 65.7 Å². The van der Waals surface area contributed by atoms with Gasteiger partial charge in [0.1, 0.15) is 37.1 Å². The van der Waals surface area contributed by atoms with Gasteiger partial charge in [0, 0.05) is 25.3 Å². The zero-order chi connectivity index (χ0) is 63.3. The molecule has 4 fully saturated rings. The van der Waals surface area contributed by atoms with Gasteiger partial charge in [-0.15, -0.1) is 0 Å². The summed E-state index contributed by atoms with van der Waals surface area (Å²) in [5.41, 5.74) is 8.70. The number of benzene rings is 6. The number of aryl methyl sites for hydroxylation is 1. The number of ether oxygens (including phenoxy) is 7. The zero-order valence-corrected chi connectivity index (χ0v) is 53.9. The molecule has 3 aliphatic heterocycles. The smallest absolute Gasteiger partial charge is 0.407 e. The molecular weight excluding hydrogens is 1190 g/mol. The van der Waals surface area contributed by atoms with Crippen LogP contribution in [0.15, 0.2) is 181 Å². The van der Waals surface area contributed by atoms with Gasteiger partial charge < -0.3 is 63.9 Å². The fourth-order valence-electron chi connectivity index (χ4n) is 13.2. The van der Waals surface area contributed by atoms with Gasteiger partial charge in [-0.05, 0) is 68.3 Å². The highest BCUT2D eigenvalue weighted by Gasteiger charge is 2.60. The number of rotatable bonds is 22. The van der Waals surface area contributed by atoms with E-state index in [0.717, 1.165) is 26.3 Å². The second-order valence-electron chi connectivity index (χ2n) is 25.2. The van der Waals surface area contributed by atoms with E-state index in [2.05, 4.69) is 55.7 Å². The van der Waals surface area contributed by atoms with Crippen LogP contribution in [0.5, 0.6) is 0 Å². The van der Waals surface area contributed by atoms with Gasteiger partial charge in [0.05, 0.1) is 36.4 Å². The van der Waals surface area contributed by atoms with Crippen molar-refractivity contribution in [1.82, 2.24) is 10.6 Å². The molecule has 3 heterocycles. The molecule has 4 aliphatic rings. The van der Waals surface area contributed by atoms with Crippen molar-refractivity contribution in [2.24, 2.45) is 11.7 Å². The molecule has 6 N–H and O–H groups in total. The van der Waals surface area contributed by atoms with Crippen molar-refractivity contribution in [3.05, 3.63) is 187 Å². The number of esters is 1. The minimum absolute atomic E-state index is 0.0892. The molecule has 6 aromatic carbocycles. The van der Waals surface area contributed by atoms with Gasteiger partial charge in [-0.2, -0.15) is 8.42 Å². The molecule has 6 aromatic rings. The quantitative estimate of drug-likeness (QED) is 0.0219. The molecule has 1 aliphatic carbocycles. The lowest BCUT2D eigenvalue weighted by Crippen LogP contribution is -2.67. The first-order valence-electron chi connectivity index (χ1n) is 30.2. The van der Waals surface area contributed by atoms with Gasteiger partial charge in [-0.25, -0.2) is 9.59 Å². The summed E-state index contributed by atoms with van der Waals surface area (Å²) in [5.74, 6) is -1.65. The Labute approximate surface area is 522 Å². The normalized spacial score (nSPS) is 26.5. The first-order valence-corrected chi connectivity index (χ1v) is 35.5. The van der Waals surface area contributed by atoms with Crippen molar-refractivity contribution < 1.29 is 74.5 Å². The van der Waals surface area contributed by atoms with Gasteiger partial charge in [-0.3, -0.25) is 8.98 Å². The summed E-state index contributed by atoms with van der Waals surface area (Å²) < 4.78 is 86.0. The van der Waals surface area contributed by atoms with Gasteiger partial charge >= 0.3 is 18.2 Å². The number of hydrogen-bond acceptors (Lipinski definition) is 17. The van der Waals surface area contributed by atoms with Crippen LogP contribution in [0.4, 0.5) is 9.59 Å². The van der Waals surface area contributed by atoms with Crippen molar-refractivity contribution in [1.29, 1.82) is 0 Å². The lowest BCUT2D eigenvalue weighted by atomic mass is 9.84. The molecule has 0 spiro atoms. The van der Waals surface area contributed by atoms with Crippen LogP contribution >= 0.6 is 0 Å². The Morgan fingerprint density at radius 2 is 1.26 bits per heavy atom. The molecule has 0 aromatic heterocycles. The number of carbonyl (C=O) groups is 3. The molecule has 1 saturated carbocycles. The van der Waals surface area contributed by atoms with Crippen LogP contribution in [-0.4, -0.2) is 140 Å². The topological polar surface area (TPSA) is 259 Å². The van der Waals surface area contributed by atoms with Gasteiger partial charge in [0.2, 0.25) is 0 Å². The van der Waals surface area contributed by atoms with E-state index in [-0.39, 0.29) is 37.4 Å². The van der Waals surface area contributed by atoms with E-state index in [0.29, 0.717) is 5.56 Å². The first-order chi connectivity index (χ1) is 42.5. The van der Waals surface area contributed by atoms with Crippen LogP contribution in [-0.2, 0) is 63.3 Å². The van der Waals surface area contributed by atoms with E-state index in [1.165, 1.54) is 19.1 Å². The van der Waals surface area contributed by atoms with E-state index >= 15 is 0 Å². The number of fused-ring (bicyclic) bond motifs is 1. The molecule has 0 unspecified atom stereocenters. The predicted molar refractivity (Wildman–Crippen MR) is 337 cm³/mol. The van der Waals surface area contributed by atoms with Crippen molar-refractivity contribution in [2.45, 2.75) is 163 Å².